The molecule has 0 atom stereocenters. The van der Waals surface area contributed by atoms with Crippen molar-refractivity contribution in [3.05, 3.63) is 11.4 Å². The van der Waals surface area contributed by atoms with E-state index in [4.69, 9.17) is 0 Å². The van der Waals surface area contributed by atoms with Gasteiger partial charge in [-0.3, -0.25) is 0 Å². The van der Waals surface area contributed by atoms with Crippen molar-refractivity contribution in [3.8, 4) is 0 Å². The summed E-state index contributed by atoms with van der Waals surface area (Å²) in [6.07, 6.45) is 4.56. The van der Waals surface area contributed by atoms with Crippen LogP contribution in [-0.2, 0) is 19.4 Å². The van der Waals surface area contributed by atoms with Crippen molar-refractivity contribution in [2.45, 2.75) is 66.8 Å². The molecule has 92 valence electrons. The summed E-state index contributed by atoms with van der Waals surface area (Å²) >= 11 is 0. The molecule has 0 saturated heterocycles. The lowest BCUT2D eigenvalue weighted by Gasteiger charge is -2.19. The molecule has 0 spiro atoms. The van der Waals surface area contributed by atoms with E-state index in [1.165, 1.54) is 24.2 Å². The second kappa shape index (κ2) is 5.46. The number of unbranched alkanes of at least 4 members (excludes halogenated alkanes) is 1. The molecule has 0 radical (unpaired) electrons. The third-order valence-corrected chi connectivity index (χ3v) is 2.68. The van der Waals surface area contributed by atoms with E-state index in [1.807, 2.05) is 0 Å². The number of nitrogens with zero attached hydrogens (tertiary/aromatic N) is 3. The lowest BCUT2D eigenvalue weighted by molar-refractivity contribution is 0.392. The van der Waals surface area contributed by atoms with Gasteiger partial charge in [0.05, 0.1) is 11.4 Å². The zero-order chi connectivity index (χ0) is 12.2. The number of hydrogen-bond donors (Lipinski definition) is 0. The van der Waals surface area contributed by atoms with Crippen LogP contribution in [-0.4, -0.2) is 15.0 Å². The van der Waals surface area contributed by atoms with E-state index >= 15 is 0 Å². The lowest BCUT2D eigenvalue weighted by atomic mass is 9.89. The summed E-state index contributed by atoms with van der Waals surface area (Å²) in [6.45, 7) is 12.1. The molecule has 0 aromatic carbocycles. The number of aryl methyl sites for hydroxylation is 2. The minimum atomic E-state index is 0.301. The van der Waals surface area contributed by atoms with Crippen LogP contribution >= 0.6 is 0 Å². The maximum atomic E-state index is 4.32. The Kier molecular flexibility index (Phi) is 4.51. The van der Waals surface area contributed by atoms with Crippen LogP contribution in [0.25, 0.3) is 0 Å². The van der Waals surface area contributed by atoms with Crippen LogP contribution < -0.4 is 0 Å². The van der Waals surface area contributed by atoms with Gasteiger partial charge in [0, 0.05) is 6.54 Å². The summed E-state index contributed by atoms with van der Waals surface area (Å²) in [5.74, 6) is 0. The van der Waals surface area contributed by atoms with Crippen molar-refractivity contribution in [1.29, 1.82) is 0 Å². The van der Waals surface area contributed by atoms with Crippen LogP contribution in [0.2, 0.25) is 0 Å². The van der Waals surface area contributed by atoms with E-state index in [-0.39, 0.29) is 0 Å². The fourth-order valence-electron chi connectivity index (χ4n) is 1.86. The minimum Gasteiger partial charge on any atom is -0.249 e. The molecule has 1 rings (SSSR count). The molecule has 1 heterocycles. The highest BCUT2D eigenvalue weighted by molar-refractivity contribution is 5.12. The maximum Gasteiger partial charge on any atom is 0.0859 e. The Morgan fingerprint density at radius 2 is 1.88 bits per heavy atom. The van der Waals surface area contributed by atoms with Crippen LogP contribution in [0.3, 0.4) is 0 Å². The van der Waals surface area contributed by atoms with Crippen LogP contribution in [0.5, 0.6) is 0 Å². The Morgan fingerprint density at radius 3 is 2.38 bits per heavy atom. The van der Waals surface area contributed by atoms with Crippen molar-refractivity contribution in [1.82, 2.24) is 15.0 Å². The topological polar surface area (TPSA) is 30.7 Å². The number of aromatic nitrogens is 3. The second-order valence-electron chi connectivity index (χ2n) is 5.64. The van der Waals surface area contributed by atoms with E-state index in [0.717, 1.165) is 19.4 Å². The minimum absolute atomic E-state index is 0.301. The standard InChI is InChI=1S/C13H25N3/c1-6-8-9-11-12(10-13(3,4)5)16(7-2)15-14-11/h6-10H2,1-5H3. The summed E-state index contributed by atoms with van der Waals surface area (Å²) in [7, 11) is 0. The van der Waals surface area contributed by atoms with Crippen molar-refractivity contribution in [3.63, 3.8) is 0 Å². The summed E-state index contributed by atoms with van der Waals surface area (Å²) in [4.78, 5) is 0. The quantitative estimate of drug-likeness (QED) is 0.767. The molecule has 16 heavy (non-hydrogen) atoms. The molecule has 0 saturated carbocycles. The van der Waals surface area contributed by atoms with Gasteiger partial charge in [0.1, 0.15) is 0 Å². The van der Waals surface area contributed by atoms with Gasteiger partial charge in [-0.25, -0.2) is 4.68 Å². The number of rotatable bonds is 5. The van der Waals surface area contributed by atoms with E-state index < -0.39 is 0 Å². The largest absolute Gasteiger partial charge is 0.249 e. The molecule has 1 aromatic heterocycles. The molecule has 0 N–H and O–H groups in total. The molecular formula is C13H25N3. The predicted molar refractivity (Wildman–Crippen MR) is 67.5 cm³/mol. The average Bonchev–Trinajstić information content (AvgIpc) is 2.55. The van der Waals surface area contributed by atoms with Gasteiger partial charge in [0.15, 0.2) is 0 Å². The molecule has 3 nitrogen and oxygen atoms in total. The molecule has 0 unspecified atom stereocenters. The predicted octanol–water partition coefficient (Wildman–Crippen LogP) is 3.23. The summed E-state index contributed by atoms with van der Waals surface area (Å²) < 4.78 is 2.05. The van der Waals surface area contributed by atoms with Crippen molar-refractivity contribution in [2.75, 3.05) is 0 Å². The third kappa shape index (κ3) is 3.62. The van der Waals surface area contributed by atoms with Crippen molar-refractivity contribution < 1.29 is 0 Å². The Bertz CT molecular complexity index is 320. The highest BCUT2D eigenvalue weighted by atomic mass is 15.4. The molecule has 0 aliphatic rings. The van der Waals surface area contributed by atoms with Gasteiger partial charge in [-0.05, 0) is 31.6 Å². The van der Waals surface area contributed by atoms with Gasteiger partial charge < -0.3 is 0 Å². The Morgan fingerprint density at radius 1 is 1.19 bits per heavy atom. The molecule has 0 bridgehead atoms. The molecule has 1 aromatic rings. The van der Waals surface area contributed by atoms with Crippen molar-refractivity contribution >= 4 is 0 Å². The van der Waals surface area contributed by atoms with Crippen LogP contribution in [0.15, 0.2) is 0 Å². The normalized spacial score (nSPS) is 12.1. The van der Waals surface area contributed by atoms with E-state index in [1.54, 1.807) is 0 Å². The molecule has 0 amide bonds. The monoisotopic (exact) mass is 223 g/mol. The maximum absolute atomic E-state index is 4.32. The van der Waals surface area contributed by atoms with Gasteiger partial charge in [0.2, 0.25) is 0 Å². The molecule has 0 fully saturated rings. The zero-order valence-electron chi connectivity index (χ0n) is 11.4. The highest BCUT2D eigenvalue weighted by Gasteiger charge is 2.19. The number of hydrogen-bond acceptors (Lipinski definition) is 2. The van der Waals surface area contributed by atoms with Gasteiger partial charge in [-0.1, -0.05) is 39.3 Å². The van der Waals surface area contributed by atoms with Gasteiger partial charge in [0.25, 0.3) is 0 Å². The van der Waals surface area contributed by atoms with Crippen LogP contribution in [0.4, 0.5) is 0 Å². The Labute approximate surface area is 99.2 Å². The van der Waals surface area contributed by atoms with Gasteiger partial charge in [-0.2, -0.15) is 0 Å². The fourth-order valence-corrected chi connectivity index (χ4v) is 1.86. The Balaban J connectivity index is 2.87. The smallest absolute Gasteiger partial charge is 0.0859 e. The zero-order valence-corrected chi connectivity index (χ0v) is 11.4. The van der Waals surface area contributed by atoms with E-state index in [2.05, 4.69) is 49.6 Å². The molecule has 0 aliphatic heterocycles. The summed E-state index contributed by atoms with van der Waals surface area (Å²) in [5, 5.41) is 8.56. The van der Waals surface area contributed by atoms with Crippen LogP contribution in [0, 0.1) is 5.41 Å². The summed E-state index contributed by atoms with van der Waals surface area (Å²) in [5.41, 5.74) is 2.84. The Hall–Kier alpha value is -0.860. The first-order valence-electron chi connectivity index (χ1n) is 6.39. The van der Waals surface area contributed by atoms with Crippen LogP contribution in [0.1, 0.15) is 58.8 Å². The van der Waals surface area contributed by atoms with Crippen molar-refractivity contribution in [2.24, 2.45) is 5.41 Å². The molecular weight excluding hydrogens is 198 g/mol. The first kappa shape index (κ1) is 13.2. The fraction of sp³-hybridized carbons (Fsp3) is 0.846. The first-order chi connectivity index (χ1) is 7.48. The second-order valence-corrected chi connectivity index (χ2v) is 5.64. The first-order valence-corrected chi connectivity index (χ1v) is 6.39. The van der Waals surface area contributed by atoms with E-state index in [0.29, 0.717) is 5.41 Å². The highest BCUT2D eigenvalue weighted by Crippen LogP contribution is 2.22. The molecule has 0 aliphatic carbocycles. The lowest BCUT2D eigenvalue weighted by Crippen LogP contribution is -2.15. The summed E-state index contributed by atoms with van der Waals surface area (Å²) in [6, 6.07) is 0. The SMILES string of the molecule is CCCCc1nnn(CC)c1CC(C)(C)C. The third-order valence-electron chi connectivity index (χ3n) is 2.68. The van der Waals surface area contributed by atoms with E-state index in [9.17, 15) is 0 Å². The van der Waals surface area contributed by atoms with Gasteiger partial charge in [-0.15, -0.1) is 5.10 Å². The average molecular weight is 223 g/mol. The molecule has 3 heteroatoms. The van der Waals surface area contributed by atoms with Gasteiger partial charge >= 0.3 is 0 Å².